The first kappa shape index (κ1) is 16.9. The van der Waals surface area contributed by atoms with Crippen LogP contribution in [0.2, 0.25) is 0 Å². The van der Waals surface area contributed by atoms with E-state index < -0.39 is 0 Å². The van der Waals surface area contributed by atoms with Crippen LogP contribution >= 0.6 is 0 Å². The van der Waals surface area contributed by atoms with Crippen molar-refractivity contribution in [2.24, 2.45) is 5.92 Å². The van der Waals surface area contributed by atoms with E-state index in [0.29, 0.717) is 5.58 Å². The van der Waals surface area contributed by atoms with Gasteiger partial charge in [-0.1, -0.05) is 42.5 Å². The normalized spacial score (nSPS) is 20.3. The van der Waals surface area contributed by atoms with Crippen molar-refractivity contribution in [1.29, 1.82) is 0 Å². The number of piperidine rings is 1. The van der Waals surface area contributed by atoms with Gasteiger partial charge in [-0.25, -0.2) is 4.79 Å². The topological polar surface area (TPSA) is 57.7 Å². The highest BCUT2D eigenvalue weighted by Crippen LogP contribution is 2.21. The van der Waals surface area contributed by atoms with Crippen molar-refractivity contribution in [1.82, 2.24) is 0 Å². The summed E-state index contributed by atoms with van der Waals surface area (Å²) in [5.74, 6) is 0.677. The van der Waals surface area contributed by atoms with Crippen LogP contribution in [-0.4, -0.2) is 13.1 Å². The Morgan fingerprint density at radius 1 is 1.04 bits per heavy atom. The first-order valence-electron chi connectivity index (χ1n) is 9.29. The average molecular weight is 349 g/mol. The van der Waals surface area contributed by atoms with Crippen LogP contribution in [0.15, 0.2) is 63.8 Å². The Morgan fingerprint density at radius 3 is 2.58 bits per heavy atom. The molecule has 26 heavy (non-hydrogen) atoms. The van der Waals surface area contributed by atoms with Crippen LogP contribution in [-0.2, 0) is 13.0 Å². The summed E-state index contributed by atoms with van der Waals surface area (Å²) in [7, 11) is 0. The average Bonchev–Trinajstić information content (AvgIpc) is 2.65. The molecule has 4 nitrogen and oxygen atoms in total. The third-order valence-corrected chi connectivity index (χ3v) is 5.42. The lowest BCUT2D eigenvalue weighted by molar-refractivity contribution is -0.919. The summed E-state index contributed by atoms with van der Waals surface area (Å²) in [6, 6.07) is 16.8. The maximum Gasteiger partial charge on any atom is 0.336 e. The Bertz CT molecular complexity index is 941. The first-order valence-corrected chi connectivity index (χ1v) is 9.29. The molecule has 2 heterocycles. The largest absolute Gasteiger partial charge is 0.872 e. The second-order valence-electron chi connectivity index (χ2n) is 7.31. The van der Waals surface area contributed by atoms with Gasteiger partial charge >= 0.3 is 5.63 Å². The van der Waals surface area contributed by atoms with Gasteiger partial charge in [-0.3, -0.25) is 0 Å². The lowest BCUT2D eigenvalue weighted by Gasteiger charge is -2.29. The van der Waals surface area contributed by atoms with Gasteiger partial charge in [0.15, 0.2) is 0 Å². The zero-order valence-electron chi connectivity index (χ0n) is 14.7. The molecule has 2 aromatic carbocycles. The lowest BCUT2D eigenvalue weighted by atomic mass is 9.90. The molecule has 1 aliphatic heterocycles. The maximum atomic E-state index is 11.8. The molecule has 1 saturated heterocycles. The number of fused-ring (bicyclic) bond motifs is 1. The van der Waals surface area contributed by atoms with Crippen LogP contribution < -0.4 is 15.6 Å². The van der Waals surface area contributed by atoms with Crippen LogP contribution in [0.4, 0.5) is 0 Å². The summed E-state index contributed by atoms with van der Waals surface area (Å²) in [6.45, 7) is 2.95. The Balaban J connectivity index is 1.44. The van der Waals surface area contributed by atoms with E-state index in [1.807, 2.05) is 0 Å². The number of hydrogen-bond acceptors (Lipinski definition) is 3. The van der Waals surface area contributed by atoms with Crippen LogP contribution in [0, 0.1) is 5.92 Å². The fourth-order valence-corrected chi connectivity index (χ4v) is 4.04. The molecule has 134 valence electrons. The smallest absolute Gasteiger partial charge is 0.336 e. The standard InChI is InChI=1S/C22H23NO3/c24-19-6-7-21-20(14-19)18(13-22(25)26-21)15-23-10-8-17(9-11-23)12-16-4-2-1-3-5-16/h1-7,13-14,17,24H,8-12,15H2. The van der Waals surface area contributed by atoms with Crippen molar-refractivity contribution in [3.8, 4) is 5.75 Å². The lowest BCUT2D eigenvalue weighted by Crippen LogP contribution is -3.11. The van der Waals surface area contributed by atoms with E-state index in [1.54, 1.807) is 18.2 Å². The molecule has 1 aliphatic rings. The van der Waals surface area contributed by atoms with Gasteiger partial charge in [0.25, 0.3) is 0 Å². The minimum atomic E-state index is -0.343. The quantitative estimate of drug-likeness (QED) is 0.732. The molecule has 1 fully saturated rings. The van der Waals surface area contributed by atoms with Gasteiger partial charge in [-0.05, 0) is 36.8 Å². The Kier molecular flexibility index (Phi) is 4.76. The van der Waals surface area contributed by atoms with Crippen molar-refractivity contribution in [3.05, 3.63) is 76.1 Å². The zero-order valence-corrected chi connectivity index (χ0v) is 14.7. The van der Waals surface area contributed by atoms with Gasteiger partial charge in [-0.15, -0.1) is 5.75 Å². The number of nitrogens with one attached hydrogen (secondary N) is 1. The van der Waals surface area contributed by atoms with Crippen LogP contribution in [0.5, 0.6) is 5.75 Å². The van der Waals surface area contributed by atoms with Gasteiger partial charge in [0.2, 0.25) is 0 Å². The monoisotopic (exact) mass is 349 g/mol. The predicted octanol–water partition coefficient (Wildman–Crippen LogP) is 1.90. The molecule has 4 rings (SSSR count). The summed E-state index contributed by atoms with van der Waals surface area (Å²) >= 11 is 0. The van der Waals surface area contributed by atoms with E-state index in [-0.39, 0.29) is 11.4 Å². The van der Waals surface area contributed by atoms with Crippen molar-refractivity contribution >= 4 is 11.0 Å². The number of quaternary nitrogens is 1. The van der Waals surface area contributed by atoms with E-state index in [2.05, 4.69) is 30.3 Å². The second-order valence-corrected chi connectivity index (χ2v) is 7.31. The third-order valence-electron chi connectivity index (χ3n) is 5.42. The van der Waals surface area contributed by atoms with Gasteiger partial charge in [0, 0.05) is 17.0 Å². The summed E-state index contributed by atoms with van der Waals surface area (Å²) in [4.78, 5) is 13.3. The van der Waals surface area contributed by atoms with Crippen LogP contribution in [0.3, 0.4) is 0 Å². The SMILES string of the molecule is O=c1cc(C[NH+]2CCC(Cc3ccccc3)CC2)c2cc([O-])ccc2o1. The van der Waals surface area contributed by atoms with E-state index in [0.717, 1.165) is 42.9 Å². The fraction of sp³-hybridized carbons (Fsp3) is 0.318. The fourth-order valence-electron chi connectivity index (χ4n) is 4.04. The molecule has 0 radical (unpaired) electrons. The molecule has 1 N–H and O–H groups in total. The molecule has 3 aromatic rings. The molecular weight excluding hydrogens is 326 g/mol. The second kappa shape index (κ2) is 7.34. The molecule has 0 aliphatic carbocycles. The highest BCUT2D eigenvalue weighted by molar-refractivity contribution is 5.81. The number of hydrogen-bond donors (Lipinski definition) is 1. The van der Waals surface area contributed by atoms with E-state index in [4.69, 9.17) is 4.42 Å². The molecule has 4 heteroatoms. The van der Waals surface area contributed by atoms with E-state index in [9.17, 15) is 9.90 Å². The number of likely N-dealkylation sites (tertiary alicyclic amines) is 1. The summed E-state index contributed by atoms with van der Waals surface area (Å²) in [5.41, 5.74) is 2.50. The van der Waals surface area contributed by atoms with Gasteiger partial charge in [-0.2, -0.15) is 0 Å². The van der Waals surface area contributed by atoms with E-state index >= 15 is 0 Å². The molecule has 1 aromatic heterocycles. The van der Waals surface area contributed by atoms with E-state index in [1.165, 1.54) is 29.4 Å². The van der Waals surface area contributed by atoms with Crippen molar-refractivity contribution in [3.63, 3.8) is 0 Å². The van der Waals surface area contributed by atoms with Gasteiger partial charge in [0.05, 0.1) is 13.1 Å². The van der Waals surface area contributed by atoms with Crippen molar-refractivity contribution in [2.75, 3.05) is 13.1 Å². The minimum absolute atomic E-state index is 0.0517. The Morgan fingerprint density at radius 2 is 1.81 bits per heavy atom. The third kappa shape index (κ3) is 3.81. The van der Waals surface area contributed by atoms with Crippen LogP contribution in [0.1, 0.15) is 24.0 Å². The Hall–Kier alpha value is -2.59. The molecular formula is C22H23NO3. The maximum absolute atomic E-state index is 11.8. The molecule has 0 bridgehead atoms. The number of benzene rings is 2. The molecule has 0 spiro atoms. The molecule has 0 atom stereocenters. The predicted molar refractivity (Wildman–Crippen MR) is 99.2 cm³/mol. The summed E-state index contributed by atoms with van der Waals surface area (Å²) in [5, 5.41) is 12.5. The van der Waals surface area contributed by atoms with Gasteiger partial charge in [0.1, 0.15) is 12.1 Å². The number of rotatable bonds is 4. The highest BCUT2D eigenvalue weighted by Gasteiger charge is 2.23. The van der Waals surface area contributed by atoms with Crippen molar-refractivity contribution < 1.29 is 14.4 Å². The van der Waals surface area contributed by atoms with Crippen LogP contribution in [0.25, 0.3) is 11.0 Å². The summed E-state index contributed by atoms with van der Waals surface area (Å²) < 4.78 is 5.23. The minimum Gasteiger partial charge on any atom is -0.872 e. The highest BCUT2D eigenvalue weighted by atomic mass is 16.4. The van der Waals surface area contributed by atoms with Crippen molar-refractivity contribution in [2.45, 2.75) is 25.8 Å². The Labute approximate surface area is 152 Å². The summed E-state index contributed by atoms with van der Waals surface area (Å²) in [6.07, 6.45) is 3.53. The zero-order chi connectivity index (χ0) is 17.9. The first-order chi connectivity index (χ1) is 12.7. The van der Waals surface area contributed by atoms with Gasteiger partial charge < -0.3 is 14.4 Å². The molecule has 0 unspecified atom stereocenters. The molecule has 0 saturated carbocycles. The molecule has 0 amide bonds.